The second kappa shape index (κ2) is 5.35. The lowest BCUT2D eigenvalue weighted by molar-refractivity contribution is -0.116. The quantitative estimate of drug-likeness (QED) is 0.794. The minimum Gasteiger partial charge on any atom is -0.508 e. The Labute approximate surface area is 132 Å². The number of halogens is 1. The van der Waals surface area contributed by atoms with Crippen LogP contribution < -0.4 is 4.90 Å². The van der Waals surface area contributed by atoms with Crippen molar-refractivity contribution in [1.82, 2.24) is 0 Å². The van der Waals surface area contributed by atoms with E-state index in [1.54, 1.807) is 25.2 Å². The van der Waals surface area contributed by atoms with E-state index in [-0.39, 0.29) is 24.0 Å². The first-order valence-corrected chi connectivity index (χ1v) is 6.98. The molecule has 6 heteroatoms. The van der Waals surface area contributed by atoms with E-state index in [0.29, 0.717) is 27.5 Å². The Balaban J connectivity index is 2.27. The number of benzodiazepines with no additional fused rings is 1. The van der Waals surface area contributed by atoms with Crippen molar-refractivity contribution >= 4 is 28.9 Å². The van der Waals surface area contributed by atoms with E-state index in [2.05, 4.69) is 4.99 Å². The predicted octanol–water partition coefficient (Wildman–Crippen LogP) is 2.57. The summed E-state index contributed by atoms with van der Waals surface area (Å²) in [6.07, 6.45) is 0. The average molecular weight is 317 g/mol. The second-order valence-electron chi connectivity index (χ2n) is 4.98. The van der Waals surface area contributed by atoms with Crippen molar-refractivity contribution in [2.75, 3.05) is 18.5 Å². The Hall–Kier alpha value is -2.53. The summed E-state index contributed by atoms with van der Waals surface area (Å²) >= 11 is 6.07. The molecule has 2 aromatic carbocycles. The van der Waals surface area contributed by atoms with Gasteiger partial charge in [-0.1, -0.05) is 11.6 Å². The van der Waals surface area contributed by atoms with Crippen molar-refractivity contribution in [2.24, 2.45) is 4.99 Å². The summed E-state index contributed by atoms with van der Waals surface area (Å²) in [6, 6.07) is 9.29. The van der Waals surface area contributed by atoms with Crippen LogP contribution in [-0.2, 0) is 4.79 Å². The van der Waals surface area contributed by atoms with E-state index in [0.717, 1.165) is 0 Å². The molecular weight excluding hydrogens is 304 g/mol. The monoisotopic (exact) mass is 316 g/mol. The average Bonchev–Trinajstić information content (AvgIpc) is 2.60. The largest absolute Gasteiger partial charge is 0.508 e. The molecule has 0 aromatic heterocycles. The van der Waals surface area contributed by atoms with Gasteiger partial charge in [-0.3, -0.25) is 9.79 Å². The summed E-state index contributed by atoms with van der Waals surface area (Å²) in [7, 11) is 1.66. The zero-order valence-corrected chi connectivity index (χ0v) is 12.5. The summed E-state index contributed by atoms with van der Waals surface area (Å²) in [5.41, 5.74) is 2.05. The minimum atomic E-state index is -0.168. The molecule has 0 fully saturated rings. The van der Waals surface area contributed by atoms with Crippen LogP contribution in [0, 0.1) is 0 Å². The molecule has 2 N–H and O–H groups in total. The number of anilines is 1. The minimum absolute atomic E-state index is 0.00278. The zero-order valence-electron chi connectivity index (χ0n) is 11.7. The Morgan fingerprint density at radius 1 is 1.14 bits per heavy atom. The first-order chi connectivity index (χ1) is 10.5. The number of amides is 1. The van der Waals surface area contributed by atoms with Gasteiger partial charge in [0.05, 0.1) is 11.4 Å². The SMILES string of the molecule is CN1C(=O)CN=C(c2cc(O)ccc2O)c2cc(Cl)ccc21. The van der Waals surface area contributed by atoms with E-state index in [1.165, 1.54) is 23.1 Å². The molecule has 0 saturated carbocycles. The first-order valence-electron chi connectivity index (χ1n) is 6.60. The Morgan fingerprint density at radius 2 is 1.91 bits per heavy atom. The van der Waals surface area contributed by atoms with Gasteiger partial charge in [0.15, 0.2) is 0 Å². The number of benzene rings is 2. The maximum atomic E-state index is 12.1. The van der Waals surface area contributed by atoms with Gasteiger partial charge in [-0.2, -0.15) is 0 Å². The van der Waals surface area contributed by atoms with Gasteiger partial charge in [0.2, 0.25) is 5.91 Å². The molecule has 112 valence electrons. The van der Waals surface area contributed by atoms with Crippen molar-refractivity contribution in [1.29, 1.82) is 0 Å². The number of phenols is 2. The number of likely N-dealkylation sites (N-methyl/N-ethyl adjacent to an activating group) is 1. The van der Waals surface area contributed by atoms with Gasteiger partial charge in [0.1, 0.15) is 18.0 Å². The standard InChI is InChI=1S/C16H13ClN2O3/c1-19-13-4-2-9(17)6-11(13)16(18-8-15(19)22)12-7-10(20)3-5-14(12)21/h2-7,20-21H,8H2,1H3. The second-order valence-corrected chi connectivity index (χ2v) is 5.42. The first kappa shape index (κ1) is 14.4. The van der Waals surface area contributed by atoms with Crippen LogP contribution in [-0.4, -0.2) is 35.4 Å². The molecule has 0 spiro atoms. The lowest BCUT2D eigenvalue weighted by Crippen LogP contribution is -2.27. The molecule has 0 atom stereocenters. The summed E-state index contributed by atoms with van der Waals surface area (Å²) in [6.45, 7) is -0.0484. The van der Waals surface area contributed by atoms with E-state index < -0.39 is 0 Å². The third kappa shape index (κ3) is 2.40. The van der Waals surface area contributed by atoms with Crippen LogP contribution in [0.1, 0.15) is 11.1 Å². The molecule has 0 saturated heterocycles. The zero-order chi connectivity index (χ0) is 15.9. The third-order valence-electron chi connectivity index (χ3n) is 3.56. The van der Waals surface area contributed by atoms with Crippen molar-refractivity contribution in [2.45, 2.75) is 0 Å². The number of phenolic OH excluding ortho intramolecular Hbond substituents is 2. The molecule has 0 radical (unpaired) electrons. The molecule has 0 unspecified atom stereocenters. The number of nitrogens with zero attached hydrogens (tertiary/aromatic N) is 2. The fourth-order valence-corrected chi connectivity index (χ4v) is 2.58. The van der Waals surface area contributed by atoms with Gasteiger partial charge < -0.3 is 15.1 Å². The highest BCUT2D eigenvalue weighted by atomic mass is 35.5. The predicted molar refractivity (Wildman–Crippen MR) is 85.1 cm³/mol. The molecule has 22 heavy (non-hydrogen) atoms. The highest BCUT2D eigenvalue weighted by Crippen LogP contribution is 2.32. The Morgan fingerprint density at radius 3 is 2.68 bits per heavy atom. The number of aliphatic imine (C=N–C) groups is 1. The fraction of sp³-hybridized carbons (Fsp3) is 0.125. The summed E-state index contributed by atoms with van der Waals surface area (Å²) < 4.78 is 0. The van der Waals surface area contributed by atoms with Crippen molar-refractivity contribution < 1.29 is 15.0 Å². The maximum Gasteiger partial charge on any atom is 0.248 e. The van der Waals surface area contributed by atoms with Crippen LogP contribution in [0.4, 0.5) is 5.69 Å². The van der Waals surface area contributed by atoms with Gasteiger partial charge in [-0.15, -0.1) is 0 Å². The van der Waals surface area contributed by atoms with Crippen LogP contribution in [0.3, 0.4) is 0 Å². The number of carbonyl (C=O) groups excluding carboxylic acids is 1. The lowest BCUT2D eigenvalue weighted by Gasteiger charge is -2.18. The summed E-state index contributed by atoms with van der Waals surface area (Å²) in [4.78, 5) is 17.9. The number of rotatable bonds is 1. The highest BCUT2D eigenvalue weighted by Gasteiger charge is 2.24. The summed E-state index contributed by atoms with van der Waals surface area (Å²) in [5, 5.41) is 20.3. The third-order valence-corrected chi connectivity index (χ3v) is 3.79. The van der Waals surface area contributed by atoms with Gasteiger partial charge in [0.25, 0.3) is 0 Å². The van der Waals surface area contributed by atoms with Gasteiger partial charge in [-0.25, -0.2) is 0 Å². The van der Waals surface area contributed by atoms with E-state index >= 15 is 0 Å². The van der Waals surface area contributed by atoms with Crippen LogP contribution >= 0.6 is 11.6 Å². The molecule has 1 amide bonds. The maximum absolute atomic E-state index is 12.1. The molecule has 1 aliphatic heterocycles. The van der Waals surface area contributed by atoms with Gasteiger partial charge in [-0.05, 0) is 36.4 Å². The van der Waals surface area contributed by atoms with Crippen LogP contribution in [0.5, 0.6) is 11.5 Å². The van der Waals surface area contributed by atoms with E-state index in [9.17, 15) is 15.0 Å². The lowest BCUT2D eigenvalue weighted by atomic mass is 9.99. The molecule has 0 aliphatic carbocycles. The normalized spacial score (nSPS) is 14.4. The van der Waals surface area contributed by atoms with Crippen LogP contribution in [0.25, 0.3) is 0 Å². The molecule has 5 nitrogen and oxygen atoms in total. The van der Waals surface area contributed by atoms with Crippen LogP contribution in [0.2, 0.25) is 5.02 Å². The smallest absolute Gasteiger partial charge is 0.248 e. The highest BCUT2D eigenvalue weighted by molar-refractivity contribution is 6.32. The van der Waals surface area contributed by atoms with Crippen molar-refractivity contribution in [3.05, 3.63) is 52.5 Å². The number of aromatic hydroxyl groups is 2. The molecular formula is C16H13ClN2O3. The van der Waals surface area contributed by atoms with Gasteiger partial charge in [0, 0.05) is 23.2 Å². The van der Waals surface area contributed by atoms with Crippen molar-refractivity contribution in [3.8, 4) is 11.5 Å². The van der Waals surface area contributed by atoms with Crippen LogP contribution in [0.15, 0.2) is 41.4 Å². The molecule has 2 aromatic rings. The number of hydrogen-bond acceptors (Lipinski definition) is 4. The fourth-order valence-electron chi connectivity index (χ4n) is 2.41. The topological polar surface area (TPSA) is 73.1 Å². The number of hydrogen-bond donors (Lipinski definition) is 2. The van der Waals surface area contributed by atoms with E-state index in [4.69, 9.17) is 11.6 Å². The molecule has 3 rings (SSSR count). The molecule has 1 aliphatic rings. The Kier molecular flexibility index (Phi) is 3.50. The number of carbonyl (C=O) groups is 1. The number of fused-ring (bicyclic) bond motifs is 1. The molecule has 1 heterocycles. The van der Waals surface area contributed by atoms with Crippen molar-refractivity contribution in [3.63, 3.8) is 0 Å². The summed E-state index contributed by atoms with van der Waals surface area (Å²) in [5.74, 6) is -0.194. The molecule has 0 bridgehead atoms. The van der Waals surface area contributed by atoms with E-state index in [1.807, 2.05) is 0 Å². The Bertz CT molecular complexity index is 802. The van der Waals surface area contributed by atoms with Gasteiger partial charge >= 0.3 is 0 Å².